The van der Waals surface area contributed by atoms with E-state index in [2.05, 4.69) is 21.6 Å². The molecule has 3 aromatic rings. The van der Waals surface area contributed by atoms with Crippen molar-refractivity contribution >= 4 is 21.2 Å². The monoisotopic (exact) mass is 388 g/mol. The number of sulfonamides is 1. The van der Waals surface area contributed by atoms with Crippen molar-refractivity contribution in [1.82, 2.24) is 28.6 Å². The normalized spacial score (nSPS) is 18.6. The summed E-state index contributed by atoms with van der Waals surface area (Å²) < 4.78 is 31.7. The predicted octanol–water partition coefficient (Wildman–Crippen LogP) is 1.98. The van der Waals surface area contributed by atoms with Crippen molar-refractivity contribution in [2.24, 2.45) is 7.05 Å². The molecule has 1 aliphatic heterocycles. The van der Waals surface area contributed by atoms with Crippen LogP contribution in [0.3, 0.4) is 0 Å². The molecular weight excluding hydrogens is 364 g/mol. The molecule has 4 heterocycles. The average Bonchev–Trinajstić information content (AvgIpc) is 3.31. The molecule has 1 atom stereocenters. The first-order chi connectivity index (χ1) is 12.8. The number of rotatable bonds is 4. The van der Waals surface area contributed by atoms with Crippen LogP contribution in [0.1, 0.15) is 36.5 Å². The molecule has 0 radical (unpaired) electrons. The lowest BCUT2D eigenvalue weighted by Gasteiger charge is -2.17. The molecule has 4 rings (SSSR count). The van der Waals surface area contributed by atoms with Gasteiger partial charge in [0, 0.05) is 38.8 Å². The van der Waals surface area contributed by atoms with Gasteiger partial charge in [0.15, 0.2) is 5.65 Å². The van der Waals surface area contributed by atoms with Crippen LogP contribution in [0.15, 0.2) is 23.2 Å². The van der Waals surface area contributed by atoms with Crippen molar-refractivity contribution in [2.75, 3.05) is 13.1 Å². The number of imidazole rings is 1. The summed E-state index contributed by atoms with van der Waals surface area (Å²) in [5, 5.41) is 4.27. The van der Waals surface area contributed by atoms with Crippen molar-refractivity contribution in [3.8, 4) is 0 Å². The lowest BCUT2D eigenvalue weighted by atomic mass is 10.1. The Balaban J connectivity index is 1.68. The van der Waals surface area contributed by atoms with Gasteiger partial charge in [0.2, 0.25) is 10.0 Å². The molecule has 27 heavy (non-hydrogen) atoms. The number of pyridine rings is 1. The average molecular weight is 388 g/mol. The summed E-state index contributed by atoms with van der Waals surface area (Å²) in [6.07, 6.45) is 2.51. The number of hydrogen-bond acceptors (Lipinski definition) is 5. The highest BCUT2D eigenvalue weighted by atomic mass is 32.2. The van der Waals surface area contributed by atoms with Crippen LogP contribution in [0.2, 0.25) is 0 Å². The third kappa shape index (κ3) is 2.76. The molecule has 144 valence electrons. The van der Waals surface area contributed by atoms with Crippen LogP contribution in [0.4, 0.5) is 0 Å². The van der Waals surface area contributed by atoms with Crippen LogP contribution in [0.5, 0.6) is 0 Å². The fourth-order valence-corrected chi connectivity index (χ4v) is 5.91. The van der Waals surface area contributed by atoms with Crippen molar-refractivity contribution < 1.29 is 8.42 Å². The Bertz CT molecular complexity index is 1110. The van der Waals surface area contributed by atoms with Crippen molar-refractivity contribution in [3.05, 3.63) is 35.5 Å². The minimum Gasteiger partial charge on any atom is -0.313 e. The maximum atomic E-state index is 13.2. The summed E-state index contributed by atoms with van der Waals surface area (Å²) in [5.41, 5.74) is 2.93. The van der Waals surface area contributed by atoms with E-state index in [4.69, 9.17) is 4.98 Å². The summed E-state index contributed by atoms with van der Waals surface area (Å²) >= 11 is 0. The molecular formula is C18H24N6O2S. The Labute approximate surface area is 158 Å². The van der Waals surface area contributed by atoms with Crippen LogP contribution >= 0.6 is 0 Å². The summed E-state index contributed by atoms with van der Waals surface area (Å²) in [6.45, 7) is 7.27. The van der Waals surface area contributed by atoms with Gasteiger partial charge in [-0.3, -0.25) is 4.68 Å². The number of aromatic nitrogens is 5. The van der Waals surface area contributed by atoms with Gasteiger partial charge in [-0.05, 0) is 39.3 Å². The van der Waals surface area contributed by atoms with Gasteiger partial charge in [-0.1, -0.05) is 0 Å². The highest BCUT2D eigenvalue weighted by Crippen LogP contribution is 2.33. The zero-order chi connectivity index (χ0) is 19.3. The van der Waals surface area contributed by atoms with E-state index in [0.29, 0.717) is 29.4 Å². The third-order valence-electron chi connectivity index (χ3n) is 5.41. The molecule has 1 saturated heterocycles. The molecule has 0 saturated carbocycles. The van der Waals surface area contributed by atoms with E-state index >= 15 is 0 Å². The Morgan fingerprint density at radius 1 is 1.30 bits per heavy atom. The second kappa shape index (κ2) is 6.42. The largest absolute Gasteiger partial charge is 0.313 e. The Kier molecular flexibility index (Phi) is 4.31. The topological polar surface area (TPSA) is 85.9 Å². The molecule has 1 aliphatic rings. The van der Waals surface area contributed by atoms with E-state index in [9.17, 15) is 8.42 Å². The van der Waals surface area contributed by atoms with E-state index in [1.54, 1.807) is 36.1 Å². The molecule has 8 nitrogen and oxygen atoms in total. The maximum Gasteiger partial charge on any atom is 0.246 e. The molecule has 3 aromatic heterocycles. The zero-order valence-electron chi connectivity index (χ0n) is 16.0. The van der Waals surface area contributed by atoms with E-state index < -0.39 is 10.0 Å². The SMILES string of the molecule is CCn1c(C2CCN(S(=O)(=O)c3c(C)nn(C)c3C)C2)nc2cccnc21. The first-order valence-corrected chi connectivity index (χ1v) is 10.6. The second-order valence-electron chi connectivity index (χ2n) is 7.03. The molecule has 0 amide bonds. The number of hydrogen-bond donors (Lipinski definition) is 0. The molecule has 0 aromatic carbocycles. The van der Waals surface area contributed by atoms with Gasteiger partial charge in [-0.25, -0.2) is 18.4 Å². The Hall–Kier alpha value is -2.26. The number of aryl methyl sites for hydroxylation is 3. The van der Waals surface area contributed by atoms with E-state index in [-0.39, 0.29) is 5.92 Å². The summed E-state index contributed by atoms with van der Waals surface area (Å²) in [6, 6.07) is 3.82. The number of fused-ring (bicyclic) bond motifs is 1. The van der Waals surface area contributed by atoms with Crippen LogP contribution in [-0.2, 0) is 23.6 Å². The molecule has 1 fully saturated rings. The summed E-state index contributed by atoms with van der Waals surface area (Å²) in [4.78, 5) is 9.53. The molecule has 0 bridgehead atoms. The van der Waals surface area contributed by atoms with E-state index in [1.807, 2.05) is 12.1 Å². The van der Waals surface area contributed by atoms with Gasteiger partial charge >= 0.3 is 0 Å². The van der Waals surface area contributed by atoms with Gasteiger partial charge in [0.1, 0.15) is 16.2 Å². The van der Waals surface area contributed by atoms with Crippen LogP contribution in [0, 0.1) is 13.8 Å². The Morgan fingerprint density at radius 2 is 2.07 bits per heavy atom. The number of nitrogens with zero attached hydrogens (tertiary/aromatic N) is 6. The highest BCUT2D eigenvalue weighted by Gasteiger charge is 2.38. The van der Waals surface area contributed by atoms with Gasteiger partial charge in [-0.15, -0.1) is 0 Å². The minimum atomic E-state index is -3.57. The van der Waals surface area contributed by atoms with Crippen molar-refractivity contribution in [3.63, 3.8) is 0 Å². The lowest BCUT2D eigenvalue weighted by molar-refractivity contribution is 0.468. The quantitative estimate of drug-likeness (QED) is 0.682. The molecule has 0 spiro atoms. The highest BCUT2D eigenvalue weighted by molar-refractivity contribution is 7.89. The molecule has 1 unspecified atom stereocenters. The molecule has 0 N–H and O–H groups in total. The molecule has 0 aliphatic carbocycles. The van der Waals surface area contributed by atoms with Crippen LogP contribution < -0.4 is 0 Å². The van der Waals surface area contributed by atoms with Gasteiger partial charge in [-0.2, -0.15) is 9.40 Å². The smallest absolute Gasteiger partial charge is 0.246 e. The fraction of sp³-hybridized carbons (Fsp3) is 0.500. The van der Waals surface area contributed by atoms with Crippen LogP contribution in [-0.4, -0.2) is 50.1 Å². The zero-order valence-corrected chi connectivity index (χ0v) is 16.9. The van der Waals surface area contributed by atoms with Gasteiger partial charge in [0.25, 0.3) is 0 Å². The first-order valence-electron chi connectivity index (χ1n) is 9.16. The lowest BCUT2D eigenvalue weighted by Crippen LogP contribution is -2.29. The molecule has 9 heteroatoms. The van der Waals surface area contributed by atoms with Crippen LogP contribution in [0.25, 0.3) is 11.2 Å². The summed E-state index contributed by atoms with van der Waals surface area (Å²) in [5.74, 6) is 0.981. The fourth-order valence-electron chi connectivity index (χ4n) is 4.01. The van der Waals surface area contributed by atoms with Crippen molar-refractivity contribution in [1.29, 1.82) is 0 Å². The Morgan fingerprint density at radius 3 is 2.74 bits per heavy atom. The van der Waals surface area contributed by atoms with E-state index in [1.165, 1.54) is 0 Å². The van der Waals surface area contributed by atoms with E-state index in [0.717, 1.165) is 30.0 Å². The summed E-state index contributed by atoms with van der Waals surface area (Å²) in [7, 11) is -1.80. The van der Waals surface area contributed by atoms with Gasteiger partial charge < -0.3 is 4.57 Å². The standard InChI is InChI=1S/C18H24N6O2S/c1-5-24-17(20-15-7-6-9-19-18(15)24)14-8-10-23(11-14)27(25,26)16-12(2)21-22(4)13(16)3/h6-7,9,14H,5,8,10-11H2,1-4H3. The maximum absolute atomic E-state index is 13.2. The predicted molar refractivity (Wildman–Crippen MR) is 102 cm³/mol. The minimum absolute atomic E-state index is 0.0613. The first kappa shape index (κ1) is 18.1. The second-order valence-corrected chi connectivity index (χ2v) is 8.91. The third-order valence-corrected chi connectivity index (χ3v) is 7.52. The van der Waals surface area contributed by atoms with Gasteiger partial charge in [0.05, 0.1) is 11.4 Å². The van der Waals surface area contributed by atoms with Crippen molar-refractivity contribution in [2.45, 2.75) is 44.6 Å².